The second-order valence-electron chi connectivity index (χ2n) is 7.25. The SMILES string of the molecule is C=C(C)CN=c1scc(-c2cc(OC)ccc2OC)n1/N=C/c1c(OC)cc(OC)cc1OC. The number of ether oxygens (including phenoxy) is 5. The van der Waals surface area contributed by atoms with Gasteiger partial charge in [0, 0.05) is 23.1 Å². The molecule has 0 aliphatic rings. The fourth-order valence-electron chi connectivity index (χ4n) is 3.20. The van der Waals surface area contributed by atoms with Crippen LogP contribution in [0.2, 0.25) is 0 Å². The quantitative estimate of drug-likeness (QED) is 0.311. The summed E-state index contributed by atoms with van der Waals surface area (Å²) < 4.78 is 29.3. The van der Waals surface area contributed by atoms with Gasteiger partial charge < -0.3 is 23.7 Å². The van der Waals surface area contributed by atoms with Gasteiger partial charge in [0.1, 0.15) is 28.7 Å². The highest BCUT2D eigenvalue weighted by Crippen LogP contribution is 2.35. The summed E-state index contributed by atoms with van der Waals surface area (Å²) in [5.74, 6) is 3.14. The first-order valence-electron chi connectivity index (χ1n) is 10.4. The molecule has 9 heteroatoms. The smallest absolute Gasteiger partial charge is 0.206 e. The Hall–Kier alpha value is -3.72. The van der Waals surface area contributed by atoms with Crippen molar-refractivity contribution in [1.82, 2.24) is 4.68 Å². The van der Waals surface area contributed by atoms with E-state index in [2.05, 4.69) is 11.6 Å². The number of thiazole rings is 1. The molecule has 0 fully saturated rings. The van der Waals surface area contributed by atoms with Crippen LogP contribution in [0.3, 0.4) is 0 Å². The normalized spacial score (nSPS) is 11.5. The molecule has 0 atom stereocenters. The summed E-state index contributed by atoms with van der Waals surface area (Å²) in [7, 11) is 8.02. The zero-order valence-electron chi connectivity index (χ0n) is 20.2. The van der Waals surface area contributed by atoms with Crippen LogP contribution in [0, 0.1) is 0 Å². The predicted molar refractivity (Wildman–Crippen MR) is 135 cm³/mol. The van der Waals surface area contributed by atoms with E-state index >= 15 is 0 Å². The van der Waals surface area contributed by atoms with Gasteiger partial charge in [-0.2, -0.15) is 5.10 Å². The highest BCUT2D eigenvalue weighted by atomic mass is 32.1. The van der Waals surface area contributed by atoms with Gasteiger partial charge in [0.2, 0.25) is 4.80 Å². The third-order valence-electron chi connectivity index (χ3n) is 4.91. The zero-order valence-corrected chi connectivity index (χ0v) is 21.1. The monoisotopic (exact) mass is 483 g/mol. The van der Waals surface area contributed by atoms with Gasteiger partial charge in [0.15, 0.2) is 0 Å². The minimum absolute atomic E-state index is 0.486. The average Bonchev–Trinajstić information content (AvgIpc) is 3.27. The van der Waals surface area contributed by atoms with Gasteiger partial charge in [-0.05, 0) is 25.1 Å². The Kier molecular flexibility index (Phi) is 8.37. The molecule has 1 aromatic heterocycles. The maximum atomic E-state index is 5.61. The molecule has 0 N–H and O–H groups in total. The maximum absolute atomic E-state index is 5.61. The van der Waals surface area contributed by atoms with Crippen molar-refractivity contribution in [2.75, 3.05) is 42.1 Å². The second-order valence-corrected chi connectivity index (χ2v) is 8.08. The Morgan fingerprint density at radius 2 is 1.56 bits per heavy atom. The largest absolute Gasteiger partial charge is 0.497 e. The summed E-state index contributed by atoms with van der Waals surface area (Å²) in [6.07, 6.45) is 1.68. The van der Waals surface area contributed by atoms with E-state index in [1.54, 1.807) is 58.6 Å². The van der Waals surface area contributed by atoms with Crippen molar-refractivity contribution in [3.05, 3.63) is 58.2 Å². The molecule has 0 bridgehead atoms. The topological polar surface area (TPSA) is 75.8 Å². The molecule has 0 amide bonds. The van der Waals surface area contributed by atoms with E-state index < -0.39 is 0 Å². The highest BCUT2D eigenvalue weighted by Gasteiger charge is 2.16. The van der Waals surface area contributed by atoms with E-state index in [0.29, 0.717) is 45.7 Å². The van der Waals surface area contributed by atoms with E-state index in [4.69, 9.17) is 28.8 Å². The first-order valence-corrected chi connectivity index (χ1v) is 11.3. The first kappa shape index (κ1) is 24.9. The van der Waals surface area contributed by atoms with Crippen molar-refractivity contribution < 1.29 is 23.7 Å². The van der Waals surface area contributed by atoms with Crippen molar-refractivity contribution >= 4 is 17.6 Å². The Morgan fingerprint density at radius 3 is 2.12 bits per heavy atom. The van der Waals surface area contributed by atoms with Gasteiger partial charge in [-0.1, -0.05) is 12.2 Å². The van der Waals surface area contributed by atoms with Crippen LogP contribution >= 0.6 is 11.3 Å². The van der Waals surface area contributed by atoms with Crippen LogP contribution in [0.15, 0.2) is 58.0 Å². The number of aromatic nitrogens is 1. The molecule has 2 aromatic carbocycles. The molecule has 180 valence electrons. The van der Waals surface area contributed by atoms with Gasteiger partial charge in [-0.15, -0.1) is 11.3 Å². The lowest BCUT2D eigenvalue weighted by Crippen LogP contribution is -2.13. The number of hydrogen-bond donors (Lipinski definition) is 0. The first-order chi connectivity index (χ1) is 16.4. The average molecular weight is 484 g/mol. The van der Waals surface area contributed by atoms with Crippen LogP contribution in [0.1, 0.15) is 12.5 Å². The summed E-state index contributed by atoms with van der Waals surface area (Å²) >= 11 is 1.47. The predicted octanol–water partition coefficient (Wildman–Crippen LogP) is 4.62. The van der Waals surface area contributed by atoms with Gasteiger partial charge in [-0.25, -0.2) is 4.68 Å². The molecule has 34 heavy (non-hydrogen) atoms. The van der Waals surface area contributed by atoms with Gasteiger partial charge in [0.25, 0.3) is 0 Å². The fourth-order valence-corrected chi connectivity index (χ4v) is 4.03. The Bertz CT molecular complexity index is 1230. The van der Waals surface area contributed by atoms with Crippen LogP contribution in [0.5, 0.6) is 28.7 Å². The van der Waals surface area contributed by atoms with Crippen molar-refractivity contribution in [3.8, 4) is 40.0 Å². The molecule has 3 aromatic rings. The van der Waals surface area contributed by atoms with E-state index in [9.17, 15) is 0 Å². The number of benzene rings is 2. The number of rotatable bonds is 10. The number of methoxy groups -OCH3 is 5. The fraction of sp³-hybridized carbons (Fsp3) is 0.280. The van der Waals surface area contributed by atoms with E-state index in [1.807, 2.05) is 30.5 Å². The van der Waals surface area contributed by atoms with Gasteiger partial charge in [0.05, 0.1) is 59.6 Å². The Balaban J connectivity index is 2.22. The molecule has 3 rings (SSSR count). The molecule has 0 unspecified atom stereocenters. The molecule has 0 saturated carbocycles. The van der Waals surface area contributed by atoms with Crippen molar-refractivity contribution in [2.45, 2.75) is 6.92 Å². The lowest BCUT2D eigenvalue weighted by atomic mass is 10.1. The molecule has 0 aliphatic heterocycles. The van der Waals surface area contributed by atoms with Gasteiger partial charge in [-0.3, -0.25) is 4.99 Å². The van der Waals surface area contributed by atoms with E-state index in [-0.39, 0.29) is 0 Å². The van der Waals surface area contributed by atoms with Crippen LogP contribution in [-0.4, -0.2) is 53.0 Å². The molecular formula is C25H29N3O5S. The van der Waals surface area contributed by atoms with Crippen LogP contribution < -0.4 is 28.5 Å². The maximum Gasteiger partial charge on any atom is 0.206 e. The standard InChI is InChI=1S/C25H29N3O5S/c1-16(2)13-26-25-28(21(15-34-25)19-10-17(29-3)8-9-22(19)31-5)27-14-20-23(32-6)11-18(30-4)12-24(20)33-7/h8-12,14-15H,1,13H2,2-7H3/b26-25?,27-14+. The lowest BCUT2D eigenvalue weighted by molar-refractivity contribution is 0.374. The summed E-state index contributed by atoms with van der Waals surface area (Å²) in [4.78, 5) is 5.39. The van der Waals surface area contributed by atoms with E-state index in [1.165, 1.54) is 11.3 Å². The molecular weight excluding hydrogens is 454 g/mol. The Morgan fingerprint density at radius 1 is 0.912 bits per heavy atom. The summed E-state index contributed by atoms with van der Waals surface area (Å²) in [5.41, 5.74) is 3.23. The van der Waals surface area contributed by atoms with Crippen LogP contribution in [-0.2, 0) is 0 Å². The minimum Gasteiger partial charge on any atom is -0.497 e. The van der Waals surface area contributed by atoms with Crippen molar-refractivity contribution in [3.63, 3.8) is 0 Å². The summed E-state index contributed by atoms with van der Waals surface area (Å²) in [5, 5.41) is 6.76. The zero-order chi connectivity index (χ0) is 24.7. The molecule has 0 spiro atoms. The van der Waals surface area contributed by atoms with Crippen LogP contribution in [0.25, 0.3) is 11.3 Å². The lowest BCUT2D eigenvalue weighted by Gasteiger charge is -2.13. The number of nitrogens with zero attached hydrogens (tertiary/aromatic N) is 3. The molecule has 0 saturated heterocycles. The number of hydrogen-bond acceptors (Lipinski definition) is 8. The van der Waals surface area contributed by atoms with Gasteiger partial charge >= 0.3 is 0 Å². The minimum atomic E-state index is 0.486. The second kappa shape index (κ2) is 11.4. The van der Waals surface area contributed by atoms with Crippen LogP contribution in [0.4, 0.5) is 0 Å². The highest BCUT2D eigenvalue weighted by molar-refractivity contribution is 7.07. The molecule has 0 aliphatic carbocycles. The van der Waals surface area contributed by atoms with Crippen molar-refractivity contribution in [1.29, 1.82) is 0 Å². The van der Waals surface area contributed by atoms with Crippen molar-refractivity contribution in [2.24, 2.45) is 10.1 Å². The third kappa shape index (κ3) is 5.43. The summed E-state index contributed by atoms with van der Waals surface area (Å²) in [6, 6.07) is 9.17. The molecule has 8 nitrogen and oxygen atoms in total. The van der Waals surface area contributed by atoms with E-state index in [0.717, 1.165) is 16.8 Å². The Labute approximate surface area is 203 Å². The third-order valence-corrected chi connectivity index (χ3v) is 5.76. The molecule has 0 radical (unpaired) electrons. The molecule has 1 heterocycles. The summed E-state index contributed by atoms with van der Waals surface area (Å²) in [6.45, 7) is 6.37.